The molecule has 1 aromatic heterocycles. The van der Waals surface area contributed by atoms with Crippen LogP contribution in [-0.2, 0) is 4.79 Å². The maximum Gasteiger partial charge on any atom is 0.337 e. The molecule has 0 unspecified atom stereocenters. The highest BCUT2D eigenvalue weighted by atomic mass is 35.5. The molecule has 1 fully saturated rings. The Morgan fingerprint density at radius 2 is 2.15 bits per heavy atom. The fourth-order valence-electron chi connectivity index (χ4n) is 2.47. The van der Waals surface area contributed by atoms with Crippen molar-refractivity contribution in [1.29, 1.82) is 0 Å². The van der Waals surface area contributed by atoms with Crippen molar-refractivity contribution >= 4 is 57.9 Å². The molecule has 0 saturated carbocycles. The third-order valence-electron chi connectivity index (χ3n) is 3.70. The maximum atomic E-state index is 12.4. The van der Waals surface area contributed by atoms with Gasteiger partial charge in [0.25, 0.3) is 5.91 Å². The molecule has 0 atom stereocenters. The molecule has 2 aromatic rings. The molecule has 1 saturated heterocycles. The standard InChI is InChI=1S/C18H14ClNO4S2/c1-2-7-20-16(21)15(26-18(20)25)9-11-4-6-14(24-11)10-3-5-13(19)12(8-10)17(22)23/h3-6,8-9H,2,7H2,1H3,(H,22,23)/b15-9-. The van der Waals surface area contributed by atoms with Crippen LogP contribution in [0.25, 0.3) is 17.4 Å². The third-order valence-corrected chi connectivity index (χ3v) is 5.41. The lowest BCUT2D eigenvalue weighted by molar-refractivity contribution is -0.122. The van der Waals surface area contributed by atoms with E-state index in [2.05, 4.69) is 0 Å². The Kier molecular flexibility index (Phi) is 5.50. The van der Waals surface area contributed by atoms with Crippen LogP contribution in [0.15, 0.2) is 39.7 Å². The van der Waals surface area contributed by atoms with Crippen LogP contribution in [0, 0.1) is 0 Å². The number of aromatic carboxylic acids is 1. The zero-order valence-electron chi connectivity index (χ0n) is 13.7. The first-order valence-corrected chi connectivity index (χ1v) is 9.39. The van der Waals surface area contributed by atoms with Crippen LogP contribution in [0.3, 0.4) is 0 Å². The molecule has 134 valence electrons. The number of furan rings is 1. The molecule has 0 aliphatic carbocycles. The van der Waals surface area contributed by atoms with Crippen molar-refractivity contribution in [1.82, 2.24) is 4.90 Å². The smallest absolute Gasteiger partial charge is 0.337 e. The van der Waals surface area contributed by atoms with Gasteiger partial charge in [-0.3, -0.25) is 9.69 Å². The van der Waals surface area contributed by atoms with Gasteiger partial charge in [-0.15, -0.1) is 0 Å². The van der Waals surface area contributed by atoms with E-state index in [1.54, 1.807) is 29.2 Å². The van der Waals surface area contributed by atoms with Crippen molar-refractivity contribution in [2.24, 2.45) is 0 Å². The van der Waals surface area contributed by atoms with Gasteiger partial charge in [0.1, 0.15) is 15.8 Å². The number of thioether (sulfide) groups is 1. The van der Waals surface area contributed by atoms with Crippen molar-refractivity contribution < 1.29 is 19.1 Å². The molecule has 1 N–H and O–H groups in total. The summed E-state index contributed by atoms with van der Waals surface area (Å²) in [6, 6.07) is 8.08. The fourth-order valence-corrected chi connectivity index (χ4v) is 3.96. The topological polar surface area (TPSA) is 70.8 Å². The average Bonchev–Trinajstić information content (AvgIpc) is 3.16. The van der Waals surface area contributed by atoms with E-state index < -0.39 is 5.97 Å². The molecule has 3 rings (SSSR count). The van der Waals surface area contributed by atoms with Crippen LogP contribution in [0.2, 0.25) is 5.02 Å². The van der Waals surface area contributed by atoms with Gasteiger partial charge >= 0.3 is 5.97 Å². The van der Waals surface area contributed by atoms with Crippen LogP contribution in [0.1, 0.15) is 29.5 Å². The Labute approximate surface area is 164 Å². The largest absolute Gasteiger partial charge is 0.478 e. The molecule has 8 heteroatoms. The number of carbonyl (C=O) groups is 2. The predicted octanol–water partition coefficient (Wildman–Crippen LogP) is 4.91. The lowest BCUT2D eigenvalue weighted by Crippen LogP contribution is -2.28. The highest BCUT2D eigenvalue weighted by Gasteiger charge is 2.31. The molecule has 2 heterocycles. The van der Waals surface area contributed by atoms with Crippen LogP contribution < -0.4 is 0 Å². The van der Waals surface area contributed by atoms with Gasteiger partial charge in [0.2, 0.25) is 0 Å². The Balaban J connectivity index is 1.87. The number of rotatable bonds is 5. The van der Waals surface area contributed by atoms with Crippen molar-refractivity contribution in [3.63, 3.8) is 0 Å². The molecule has 1 aliphatic heterocycles. The lowest BCUT2D eigenvalue weighted by Gasteiger charge is -2.11. The Morgan fingerprint density at radius 3 is 2.85 bits per heavy atom. The molecule has 1 amide bonds. The van der Waals surface area contributed by atoms with E-state index >= 15 is 0 Å². The van der Waals surface area contributed by atoms with Gasteiger partial charge in [-0.25, -0.2) is 4.79 Å². The van der Waals surface area contributed by atoms with E-state index in [1.807, 2.05) is 6.92 Å². The zero-order chi connectivity index (χ0) is 18.8. The first-order chi connectivity index (χ1) is 12.4. The number of carboxylic acids is 1. The van der Waals surface area contributed by atoms with E-state index in [4.69, 9.17) is 28.2 Å². The summed E-state index contributed by atoms with van der Waals surface area (Å²) < 4.78 is 6.29. The summed E-state index contributed by atoms with van der Waals surface area (Å²) in [5, 5.41) is 9.33. The number of benzene rings is 1. The molecule has 0 radical (unpaired) electrons. The number of nitrogens with zero attached hydrogens (tertiary/aromatic N) is 1. The van der Waals surface area contributed by atoms with E-state index in [1.165, 1.54) is 23.9 Å². The van der Waals surface area contributed by atoms with Crippen molar-refractivity contribution in [3.05, 3.63) is 51.6 Å². The Morgan fingerprint density at radius 1 is 1.38 bits per heavy atom. The molecule has 0 bridgehead atoms. The highest BCUT2D eigenvalue weighted by Crippen LogP contribution is 2.34. The summed E-state index contributed by atoms with van der Waals surface area (Å²) in [5.41, 5.74) is 0.590. The number of hydrogen-bond donors (Lipinski definition) is 1. The van der Waals surface area contributed by atoms with Crippen molar-refractivity contribution in [2.45, 2.75) is 13.3 Å². The van der Waals surface area contributed by atoms with Crippen LogP contribution in [0.4, 0.5) is 0 Å². The molecular formula is C18H14ClNO4S2. The lowest BCUT2D eigenvalue weighted by atomic mass is 10.1. The van der Waals surface area contributed by atoms with Crippen molar-refractivity contribution in [3.8, 4) is 11.3 Å². The summed E-state index contributed by atoms with van der Waals surface area (Å²) in [7, 11) is 0. The van der Waals surface area contributed by atoms with Crippen molar-refractivity contribution in [2.75, 3.05) is 6.54 Å². The number of amides is 1. The summed E-state index contributed by atoms with van der Waals surface area (Å²) in [4.78, 5) is 25.7. The van der Waals surface area contributed by atoms with Gasteiger partial charge < -0.3 is 9.52 Å². The SMILES string of the molecule is CCCN1C(=O)/C(=C/c2ccc(-c3ccc(Cl)c(C(=O)O)c3)o2)SC1=S. The predicted molar refractivity (Wildman–Crippen MR) is 106 cm³/mol. The molecular weight excluding hydrogens is 394 g/mol. The first kappa shape index (κ1) is 18.7. The quantitative estimate of drug-likeness (QED) is 0.561. The van der Waals surface area contributed by atoms with Gasteiger partial charge in [-0.05, 0) is 36.8 Å². The zero-order valence-corrected chi connectivity index (χ0v) is 16.1. The normalized spacial score (nSPS) is 15.9. The summed E-state index contributed by atoms with van der Waals surface area (Å²) >= 11 is 12.4. The molecule has 1 aromatic carbocycles. The summed E-state index contributed by atoms with van der Waals surface area (Å²) in [6.07, 6.45) is 2.47. The summed E-state index contributed by atoms with van der Waals surface area (Å²) in [5.74, 6) is -0.258. The maximum absolute atomic E-state index is 12.4. The van der Waals surface area contributed by atoms with Gasteiger partial charge in [-0.1, -0.05) is 42.5 Å². The monoisotopic (exact) mass is 407 g/mol. The molecule has 0 spiro atoms. The molecule has 5 nitrogen and oxygen atoms in total. The van der Waals surface area contributed by atoms with Crippen LogP contribution >= 0.6 is 35.6 Å². The van der Waals surface area contributed by atoms with E-state index in [-0.39, 0.29) is 16.5 Å². The molecule has 1 aliphatic rings. The minimum absolute atomic E-state index is 0.00236. The first-order valence-electron chi connectivity index (χ1n) is 7.79. The minimum atomic E-state index is -1.11. The second-order valence-electron chi connectivity index (χ2n) is 5.54. The number of thiocarbonyl (C=S) groups is 1. The van der Waals surface area contributed by atoms with Gasteiger partial charge in [-0.2, -0.15) is 0 Å². The van der Waals surface area contributed by atoms with Gasteiger partial charge in [0.15, 0.2) is 0 Å². The van der Waals surface area contributed by atoms with E-state index in [9.17, 15) is 14.7 Å². The van der Waals surface area contributed by atoms with Gasteiger partial charge in [0.05, 0.1) is 15.5 Å². The Hall–Kier alpha value is -2.09. The number of carboxylic acid groups (broad SMARTS) is 1. The third kappa shape index (κ3) is 3.70. The number of halogens is 1. The fraction of sp³-hybridized carbons (Fsp3) is 0.167. The van der Waals surface area contributed by atoms with Crippen LogP contribution in [-0.4, -0.2) is 32.7 Å². The van der Waals surface area contributed by atoms with E-state index in [0.29, 0.717) is 32.9 Å². The minimum Gasteiger partial charge on any atom is -0.478 e. The number of hydrogen-bond acceptors (Lipinski definition) is 5. The van der Waals surface area contributed by atoms with Crippen LogP contribution in [0.5, 0.6) is 0 Å². The van der Waals surface area contributed by atoms with Gasteiger partial charge in [0, 0.05) is 18.2 Å². The number of carbonyl (C=O) groups excluding carboxylic acids is 1. The summed E-state index contributed by atoms with van der Waals surface area (Å²) in [6.45, 7) is 2.58. The Bertz CT molecular complexity index is 935. The second-order valence-corrected chi connectivity index (χ2v) is 7.62. The van der Waals surface area contributed by atoms with E-state index in [0.717, 1.165) is 6.42 Å². The highest BCUT2D eigenvalue weighted by molar-refractivity contribution is 8.26. The average molecular weight is 408 g/mol. The second kappa shape index (κ2) is 7.65. The molecule has 26 heavy (non-hydrogen) atoms.